The van der Waals surface area contributed by atoms with E-state index in [0.717, 1.165) is 14.1 Å². The first-order valence-electron chi connectivity index (χ1n) is 9.56. The Hall–Kier alpha value is -1.85. The standard InChI is InChI=1S/C21H25ClIN3O4S/c1-4-19(21(28)24-2)25(13-15-7-5-6-8-18(15)22)20(27)14-26(31(3,29)30)17-11-9-16(23)10-12-17/h5-12,19H,4,13-14H2,1-3H3,(H,24,28). The van der Waals surface area contributed by atoms with Crippen molar-refractivity contribution in [3.8, 4) is 0 Å². The second kappa shape index (κ2) is 11.1. The van der Waals surface area contributed by atoms with Crippen LogP contribution in [0.2, 0.25) is 5.02 Å². The van der Waals surface area contributed by atoms with Gasteiger partial charge in [-0.15, -0.1) is 0 Å². The van der Waals surface area contributed by atoms with E-state index < -0.39 is 28.5 Å². The lowest BCUT2D eigenvalue weighted by atomic mass is 10.1. The largest absolute Gasteiger partial charge is 0.357 e. The van der Waals surface area contributed by atoms with Gasteiger partial charge in [0.15, 0.2) is 0 Å². The number of amides is 2. The maximum Gasteiger partial charge on any atom is 0.244 e. The molecular formula is C21H25ClIN3O4S. The molecule has 31 heavy (non-hydrogen) atoms. The molecule has 168 valence electrons. The average Bonchev–Trinajstić information content (AvgIpc) is 2.72. The average molecular weight is 578 g/mol. The van der Waals surface area contributed by atoms with Gasteiger partial charge >= 0.3 is 0 Å². The van der Waals surface area contributed by atoms with Crippen LogP contribution in [0.25, 0.3) is 0 Å². The zero-order valence-corrected chi connectivity index (χ0v) is 21.2. The van der Waals surface area contributed by atoms with Crippen LogP contribution in [0.5, 0.6) is 0 Å². The number of hydrogen-bond acceptors (Lipinski definition) is 4. The van der Waals surface area contributed by atoms with Gasteiger partial charge in [-0.25, -0.2) is 8.42 Å². The van der Waals surface area contributed by atoms with E-state index in [2.05, 4.69) is 27.9 Å². The van der Waals surface area contributed by atoms with Crippen molar-refractivity contribution in [1.29, 1.82) is 0 Å². The SMILES string of the molecule is CCC(C(=O)NC)N(Cc1ccccc1Cl)C(=O)CN(c1ccc(I)cc1)S(C)(=O)=O. The van der Waals surface area contributed by atoms with Crippen LogP contribution in [0.1, 0.15) is 18.9 Å². The lowest BCUT2D eigenvalue weighted by Crippen LogP contribution is -2.51. The van der Waals surface area contributed by atoms with Crippen molar-refractivity contribution in [2.45, 2.75) is 25.9 Å². The van der Waals surface area contributed by atoms with E-state index in [4.69, 9.17) is 11.6 Å². The predicted octanol–water partition coefficient (Wildman–Crippen LogP) is 3.26. The summed E-state index contributed by atoms with van der Waals surface area (Å²) in [4.78, 5) is 27.2. The molecule has 0 radical (unpaired) electrons. The molecule has 1 N–H and O–H groups in total. The summed E-state index contributed by atoms with van der Waals surface area (Å²) < 4.78 is 26.9. The van der Waals surface area contributed by atoms with Crippen LogP contribution >= 0.6 is 34.2 Å². The number of hydrogen-bond donors (Lipinski definition) is 1. The number of carbonyl (C=O) groups excluding carboxylic acids is 2. The fraction of sp³-hybridized carbons (Fsp3) is 0.333. The van der Waals surface area contributed by atoms with Gasteiger partial charge in [0.1, 0.15) is 12.6 Å². The van der Waals surface area contributed by atoms with E-state index in [9.17, 15) is 18.0 Å². The third-order valence-electron chi connectivity index (χ3n) is 4.72. The van der Waals surface area contributed by atoms with Gasteiger partial charge in [-0.05, 0) is 64.9 Å². The van der Waals surface area contributed by atoms with Crippen LogP contribution in [-0.4, -0.2) is 51.0 Å². The lowest BCUT2D eigenvalue weighted by Gasteiger charge is -2.32. The smallest absolute Gasteiger partial charge is 0.244 e. The van der Waals surface area contributed by atoms with Gasteiger partial charge in [-0.2, -0.15) is 0 Å². The third kappa shape index (κ3) is 6.81. The van der Waals surface area contributed by atoms with Crippen molar-refractivity contribution in [1.82, 2.24) is 10.2 Å². The molecule has 0 bridgehead atoms. The maximum atomic E-state index is 13.4. The van der Waals surface area contributed by atoms with Crippen LogP contribution in [0.3, 0.4) is 0 Å². The summed E-state index contributed by atoms with van der Waals surface area (Å²) in [6, 6.07) is 13.1. The molecule has 1 atom stereocenters. The highest BCUT2D eigenvalue weighted by Gasteiger charge is 2.31. The molecule has 10 heteroatoms. The van der Waals surface area contributed by atoms with E-state index in [-0.39, 0.29) is 12.5 Å². The van der Waals surface area contributed by atoms with Gasteiger partial charge in [-0.3, -0.25) is 13.9 Å². The monoisotopic (exact) mass is 577 g/mol. The van der Waals surface area contributed by atoms with E-state index in [0.29, 0.717) is 22.7 Å². The third-order valence-corrected chi connectivity index (χ3v) is 6.95. The molecule has 0 aromatic heterocycles. The number of benzene rings is 2. The number of sulfonamides is 1. The molecule has 2 aromatic rings. The predicted molar refractivity (Wildman–Crippen MR) is 131 cm³/mol. The molecule has 0 heterocycles. The molecule has 2 rings (SSSR count). The molecule has 0 spiro atoms. The summed E-state index contributed by atoms with van der Waals surface area (Å²) >= 11 is 8.40. The highest BCUT2D eigenvalue weighted by atomic mass is 127. The number of carbonyl (C=O) groups is 2. The Balaban J connectivity index is 2.43. The molecule has 1 unspecified atom stereocenters. The molecule has 0 saturated carbocycles. The van der Waals surface area contributed by atoms with E-state index in [1.54, 1.807) is 55.5 Å². The van der Waals surface area contributed by atoms with Gasteiger partial charge in [0.05, 0.1) is 11.9 Å². The molecule has 0 aliphatic rings. The van der Waals surface area contributed by atoms with Crippen molar-refractivity contribution < 1.29 is 18.0 Å². The Morgan fingerprint density at radius 3 is 2.26 bits per heavy atom. The van der Waals surface area contributed by atoms with Crippen LogP contribution in [-0.2, 0) is 26.2 Å². The van der Waals surface area contributed by atoms with Crippen molar-refractivity contribution >= 4 is 61.7 Å². The van der Waals surface area contributed by atoms with E-state index >= 15 is 0 Å². The Kier molecular flexibility index (Phi) is 9.14. The van der Waals surface area contributed by atoms with Crippen LogP contribution < -0.4 is 9.62 Å². The van der Waals surface area contributed by atoms with E-state index in [1.807, 2.05) is 0 Å². The zero-order valence-electron chi connectivity index (χ0n) is 17.5. The number of likely N-dealkylation sites (N-methyl/N-ethyl adjacent to an activating group) is 1. The van der Waals surface area contributed by atoms with Crippen molar-refractivity contribution in [3.63, 3.8) is 0 Å². The Labute approximate surface area is 201 Å². The molecule has 7 nitrogen and oxygen atoms in total. The van der Waals surface area contributed by atoms with Gasteiger partial charge in [0.25, 0.3) is 0 Å². The fourth-order valence-corrected chi connectivity index (χ4v) is 4.52. The first-order chi connectivity index (χ1) is 14.6. The van der Waals surface area contributed by atoms with Gasteiger partial charge in [-0.1, -0.05) is 36.7 Å². The summed E-state index contributed by atoms with van der Waals surface area (Å²) in [6.07, 6.45) is 1.41. The highest BCUT2D eigenvalue weighted by Crippen LogP contribution is 2.22. The number of nitrogens with zero attached hydrogens (tertiary/aromatic N) is 2. The molecule has 2 aromatic carbocycles. The minimum Gasteiger partial charge on any atom is -0.357 e. The van der Waals surface area contributed by atoms with Crippen LogP contribution in [0.15, 0.2) is 48.5 Å². The first kappa shape index (κ1) is 25.4. The summed E-state index contributed by atoms with van der Waals surface area (Å²) in [5.41, 5.74) is 1.04. The lowest BCUT2D eigenvalue weighted by molar-refractivity contribution is -0.140. The summed E-state index contributed by atoms with van der Waals surface area (Å²) in [5.74, 6) is -0.831. The number of nitrogens with one attached hydrogen (secondary N) is 1. The molecule has 0 aliphatic heterocycles. The van der Waals surface area contributed by atoms with Crippen LogP contribution in [0.4, 0.5) is 5.69 Å². The van der Waals surface area contributed by atoms with E-state index in [1.165, 1.54) is 11.9 Å². The van der Waals surface area contributed by atoms with Crippen molar-refractivity contribution in [3.05, 3.63) is 62.7 Å². The van der Waals surface area contributed by atoms with Gasteiger partial charge in [0.2, 0.25) is 21.8 Å². The Morgan fingerprint density at radius 1 is 1.13 bits per heavy atom. The molecule has 0 aliphatic carbocycles. The topological polar surface area (TPSA) is 86.8 Å². The summed E-state index contributed by atoms with van der Waals surface area (Å²) in [7, 11) is -2.24. The van der Waals surface area contributed by atoms with Gasteiger partial charge in [0, 0.05) is 22.2 Å². The quantitative estimate of drug-likeness (QED) is 0.464. The molecule has 0 saturated heterocycles. The maximum absolute atomic E-state index is 13.4. The normalized spacial score (nSPS) is 12.2. The highest BCUT2D eigenvalue weighted by molar-refractivity contribution is 14.1. The minimum atomic E-state index is -3.74. The molecule has 0 fully saturated rings. The minimum absolute atomic E-state index is 0.0781. The summed E-state index contributed by atoms with van der Waals surface area (Å²) in [6.45, 7) is 1.44. The second-order valence-corrected chi connectivity index (χ2v) is 10.5. The Bertz CT molecular complexity index is 1030. The Morgan fingerprint density at radius 2 is 1.74 bits per heavy atom. The molecule has 2 amide bonds. The number of halogens is 2. The van der Waals surface area contributed by atoms with Crippen molar-refractivity contribution in [2.24, 2.45) is 0 Å². The second-order valence-electron chi connectivity index (χ2n) is 6.90. The van der Waals surface area contributed by atoms with Gasteiger partial charge < -0.3 is 10.2 Å². The number of rotatable bonds is 9. The first-order valence-corrected chi connectivity index (χ1v) is 12.9. The molecular weight excluding hydrogens is 553 g/mol. The number of anilines is 1. The van der Waals surface area contributed by atoms with Crippen molar-refractivity contribution in [2.75, 3.05) is 24.2 Å². The fourth-order valence-electron chi connectivity index (χ4n) is 3.12. The zero-order chi connectivity index (χ0) is 23.2. The summed E-state index contributed by atoms with van der Waals surface area (Å²) in [5, 5.41) is 3.04. The van der Waals surface area contributed by atoms with Crippen LogP contribution in [0, 0.1) is 3.57 Å².